The van der Waals surface area contributed by atoms with Crippen LogP contribution < -0.4 is 10.1 Å². The third-order valence-electron chi connectivity index (χ3n) is 9.39. The average molecular weight is 493 g/mol. The summed E-state index contributed by atoms with van der Waals surface area (Å²) in [7, 11) is 0. The molecule has 5 aliphatic rings. The predicted molar refractivity (Wildman–Crippen MR) is 128 cm³/mol. The molecule has 1 spiro atoms. The van der Waals surface area contributed by atoms with Crippen molar-refractivity contribution in [3.8, 4) is 11.5 Å². The van der Waals surface area contributed by atoms with Crippen molar-refractivity contribution in [2.45, 2.75) is 62.2 Å². The fraction of sp³-hybridized carbons (Fsp3) is 0.500. The summed E-state index contributed by atoms with van der Waals surface area (Å²) in [4.78, 5) is 29.6. The summed E-state index contributed by atoms with van der Waals surface area (Å²) in [5.41, 5.74) is 0.0694. The first-order valence-electron chi connectivity index (χ1n) is 12.8. The van der Waals surface area contributed by atoms with Crippen LogP contribution in [0.15, 0.2) is 30.3 Å². The van der Waals surface area contributed by atoms with Gasteiger partial charge < -0.3 is 20.3 Å². The first-order chi connectivity index (χ1) is 17.2. The molecule has 3 aliphatic carbocycles. The van der Waals surface area contributed by atoms with Crippen molar-refractivity contribution < 1.29 is 28.9 Å². The smallest absolute Gasteiger partial charge is 0.235 e. The Morgan fingerprint density at radius 2 is 2.08 bits per heavy atom. The van der Waals surface area contributed by atoms with Crippen LogP contribution in [-0.2, 0) is 21.4 Å². The number of phenolic OH excluding ortho intramolecular Hbond substituents is 1. The summed E-state index contributed by atoms with van der Waals surface area (Å²) < 4.78 is 20.3. The molecule has 2 bridgehead atoms. The van der Waals surface area contributed by atoms with Crippen molar-refractivity contribution in [1.82, 2.24) is 4.90 Å². The number of benzene rings is 2. The number of likely N-dealkylation sites (tertiary alicyclic amines) is 1. The van der Waals surface area contributed by atoms with Crippen molar-refractivity contribution >= 4 is 17.4 Å². The Bertz CT molecular complexity index is 1330. The Balaban J connectivity index is 1.31. The number of amides is 1. The lowest BCUT2D eigenvalue weighted by Crippen LogP contribution is -2.78. The van der Waals surface area contributed by atoms with Crippen LogP contribution in [-0.4, -0.2) is 57.6 Å². The number of ketones is 1. The van der Waals surface area contributed by atoms with Gasteiger partial charge in [0.1, 0.15) is 11.7 Å². The number of Topliss-reactive ketones (excluding diaryl/α,β-unsaturated/α-hetero) is 1. The van der Waals surface area contributed by atoms with Crippen LogP contribution >= 0.6 is 0 Å². The number of carbonyl (C=O) groups is 2. The SMILES string of the molecule is Cc1ccc(NC(=O)C2C[C@@]3(O)[C@H]4Cc5ccc(O)c6c5[C@@]3(CCN4CC3CC3)[C@@H](O6)C2=O)cc1F. The monoisotopic (exact) mass is 492 g/mol. The largest absolute Gasteiger partial charge is 0.504 e. The van der Waals surface area contributed by atoms with E-state index in [0.29, 0.717) is 24.3 Å². The van der Waals surface area contributed by atoms with Crippen LogP contribution in [0.1, 0.15) is 42.4 Å². The maximum Gasteiger partial charge on any atom is 0.235 e. The number of piperidine rings is 1. The lowest BCUT2D eigenvalue weighted by atomic mass is 9.47. The zero-order valence-corrected chi connectivity index (χ0v) is 20.1. The van der Waals surface area contributed by atoms with Gasteiger partial charge in [-0.3, -0.25) is 14.5 Å². The Morgan fingerprint density at radius 3 is 2.83 bits per heavy atom. The molecule has 7 rings (SSSR count). The molecule has 3 fully saturated rings. The highest BCUT2D eigenvalue weighted by Crippen LogP contribution is 2.65. The second-order valence-corrected chi connectivity index (χ2v) is 11.4. The maximum atomic E-state index is 14.1. The molecule has 1 amide bonds. The minimum absolute atomic E-state index is 0.0355. The van der Waals surface area contributed by atoms with Crippen molar-refractivity contribution in [2.75, 3.05) is 18.4 Å². The van der Waals surface area contributed by atoms with Crippen molar-refractivity contribution in [3.63, 3.8) is 0 Å². The number of hydrogen-bond donors (Lipinski definition) is 3. The summed E-state index contributed by atoms with van der Waals surface area (Å²) in [6.45, 7) is 3.25. The number of phenols is 1. The van der Waals surface area contributed by atoms with E-state index in [-0.39, 0.29) is 29.6 Å². The van der Waals surface area contributed by atoms with Gasteiger partial charge in [0.2, 0.25) is 5.91 Å². The van der Waals surface area contributed by atoms with E-state index in [9.17, 15) is 24.2 Å². The maximum absolute atomic E-state index is 14.1. The second-order valence-electron chi connectivity index (χ2n) is 11.4. The van der Waals surface area contributed by atoms with Crippen LogP contribution in [0.25, 0.3) is 0 Å². The first kappa shape index (κ1) is 22.2. The van der Waals surface area contributed by atoms with E-state index in [1.54, 1.807) is 25.1 Å². The number of hydrogen-bond acceptors (Lipinski definition) is 6. The van der Waals surface area contributed by atoms with Gasteiger partial charge in [-0.2, -0.15) is 0 Å². The molecular formula is C28H29FN2O5. The number of aliphatic hydroxyl groups is 1. The third kappa shape index (κ3) is 2.80. The van der Waals surface area contributed by atoms with E-state index in [1.165, 1.54) is 18.9 Å². The van der Waals surface area contributed by atoms with Gasteiger partial charge in [-0.15, -0.1) is 0 Å². The number of halogens is 1. The summed E-state index contributed by atoms with van der Waals surface area (Å²) in [5.74, 6) is -1.75. The molecule has 7 nitrogen and oxygen atoms in total. The standard InChI is InChI=1S/C28H29FN2O5/c1-14-2-6-17(11-19(14)29)30-26(34)18-12-28(35)21-10-16-5-7-20(32)24-22(16)27(28,25(36-24)23(18)33)8-9-31(21)13-15-3-4-15/h2,5-7,11,15,18,21,25,32,35H,3-4,8-10,12-13H2,1H3,(H,30,34)/t18?,21-,25+,27+,28-/m1/s1. The van der Waals surface area contributed by atoms with Gasteiger partial charge in [0, 0.05) is 23.8 Å². The van der Waals surface area contributed by atoms with E-state index in [0.717, 1.165) is 24.2 Å². The van der Waals surface area contributed by atoms with E-state index >= 15 is 0 Å². The normalized spacial score (nSPS) is 34.2. The molecule has 2 aliphatic heterocycles. The fourth-order valence-corrected chi connectivity index (χ4v) is 7.42. The summed E-state index contributed by atoms with van der Waals surface area (Å²) >= 11 is 0. The van der Waals surface area contributed by atoms with E-state index in [1.807, 2.05) is 6.07 Å². The van der Waals surface area contributed by atoms with Crippen molar-refractivity contribution in [3.05, 3.63) is 52.8 Å². The van der Waals surface area contributed by atoms with Gasteiger partial charge in [-0.1, -0.05) is 12.1 Å². The fourth-order valence-electron chi connectivity index (χ4n) is 7.42. The molecule has 0 aromatic heterocycles. The minimum atomic E-state index is -1.38. The number of nitrogens with zero attached hydrogens (tertiary/aromatic N) is 1. The molecule has 0 radical (unpaired) electrons. The van der Waals surface area contributed by atoms with Crippen LogP contribution in [0, 0.1) is 24.6 Å². The first-order valence-corrected chi connectivity index (χ1v) is 12.8. The van der Waals surface area contributed by atoms with Gasteiger partial charge in [-0.05, 0) is 80.8 Å². The van der Waals surface area contributed by atoms with Gasteiger partial charge in [0.25, 0.3) is 0 Å². The lowest BCUT2D eigenvalue weighted by Gasteiger charge is -2.63. The highest BCUT2D eigenvalue weighted by Gasteiger charge is 2.75. The van der Waals surface area contributed by atoms with Crippen LogP contribution in [0.3, 0.4) is 0 Å². The van der Waals surface area contributed by atoms with Gasteiger partial charge >= 0.3 is 0 Å². The quantitative estimate of drug-likeness (QED) is 0.568. The Kier molecular flexibility index (Phi) is 4.51. The molecule has 2 saturated carbocycles. The lowest BCUT2D eigenvalue weighted by molar-refractivity contribution is -0.197. The van der Waals surface area contributed by atoms with Crippen LogP contribution in [0.2, 0.25) is 0 Å². The Hall–Kier alpha value is -2.97. The number of carbonyl (C=O) groups excluding carboxylic acids is 2. The Morgan fingerprint density at radius 1 is 1.28 bits per heavy atom. The zero-order valence-electron chi connectivity index (χ0n) is 20.1. The summed E-state index contributed by atoms with van der Waals surface area (Å²) in [5, 5.41) is 25.9. The molecule has 188 valence electrons. The molecule has 3 N–H and O–H groups in total. The molecule has 1 saturated heterocycles. The summed E-state index contributed by atoms with van der Waals surface area (Å²) in [6.07, 6.45) is 2.36. The number of anilines is 1. The van der Waals surface area contributed by atoms with Gasteiger partial charge in [0.15, 0.2) is 23.4 Å². The predicted octanol–water partition coefficient (Wildman–Crippen LogP) is 2.84. The number of aryl methyl sites for hydroxylation is 1. The molecule has 2 heterocycles. The molecule has 5 atom stereocenters. The number of nitrogens with one attached hydrogen (secondary N) is 1. The third-order valence-corrected chi connectivity index (χ3v) is 9.39. The molecule has 36 heavy (non-hydrogen) atoms. The number of ether oxygens (including phenoxy) is 1. The van der Waals surface area contributed by atoms with Crippen molar-refractivity contribution in [2.24, 2.45) is 11.8 Å². The van der Waals surface area contributed by atoms with Crippen LogP contribution in [0.4, 0.5) is 10.1 Å². The van der Waals surface area contributed by atoms with Crippen molar-refractivity contribution in [1.29, 1.82) is 0 Å². The van der Waals surface area contributed by atoms with E-state index < -0.39 is 40.5 Å². The molecule has 8 heteroatoms. The second kappa shape index (κ2) is 7.29. The molecular weight excluding hydrogens is 463 g/mol. The minimum Gasteiger partial charge on any atom is -0.504 e. The molecule has 1 unspecified atom stereocenters. The molecule has 2 aromatic rings. The summed E-state index contributed by atoms with van der Waals surface area (Å²) in [6, 6.07) is 7.60. The highest BCUT2D eigenvalue weighted by atomic mass is 19.1. The number of aromatic hydroxyl groups is 1. The highest BCUT2D eigenvalue weighted by molar-refractivity contribution is 6.10. The number of rotatable bonds is 4. The van der Waals surface area contributed by atoms with E-state index in [4.69, 9.17) is 4.74 Å². The average Bonchev–Trinajstić information content (AvgIpc) is 3.58. The van der Waals surface area contributed by atoms with Crippen LogP contribution in [0.5, 0.6) is 11.5 Å². The van der Waals surface area contributed by atoms with Gasteiger partial charge in [-0.25, -0.2) is 4.39 Å². The van der Waals surface area contributed by atoms with Gasteiger partial charge in [0.05, 0.1) is 11.0 Å². The topological polar surface area (TPSA) is 99.1 Å². The molecule has 2 aromatic carbocycles. The zero-order chi connectivity index (χ0) is 25.0. The van der Waals surface area contributed by atoms with E-state index in [2.05, 4.69) is 10.2 Å². The Labute approximate surface area is 208 Å².